The van der Waals surface area contributed by atoms with Crippen LogP contribution in [0.15, 0.2) is 0 Å². The van der Waals surface area contributed by atoms with Gasteiger partial charge >= 0.3 is 11.9 Å². The number of methoxy groups -OCH3 is 7. The molecule has 11 saturated heterocycles. The Hall–Kier alpha value is -2.45. The highest BCUT2D eigenvalue weighted by atomic mass is 35.5. The maximum absolute atomic E-state index is 14.1. The number of halogens is 2. The maximum atomic E-state index is 14.1. The van der Waals surface area contributed by atoms with Gasteiger partial charge in [0.25, 0.3) is 5.97 Å². The number of aromatic hydroxyl groups is 1. The number of phenolic OH excluding ortho intramolecular Hbond substituents is 1. The van der Waals surface area contributed by atoms with Crippen LogP contribution in [0.4, 0.5) is 0 Å². The Morgan fingerprint density at radius 1 is 0.673 bits per heavy atom. The van der Waals surface area contributed by atoms with Crippen molar-refractivity contribution in [3.05, 3.63) is 26.4 Å². The summed E-state index contributed by atoms with van der Waals surface area (Å²) in [4.78, 5) is 14.1. The second-order valence-corrected chi connectivity index (χ2v) is 29.2. The summed E-state index contributed by atoms with van der Waals surface area (Å²) in [5, 5.41) is 92.8. The van der Waals surface area contributed by atoms with E-state index in [0.29, 0.717) is 0 Å². The molecule has 11 aliphatic heterocycles. The zero-order chi connectivity index (χ0) is 75.2. The van der Waals surface area contributed by atoms with E-state index in [9.17, 15) is 45.8 Å². The van der Waals surface area contributed by atoms with Crippen LogP contribution in [0, 0.1) is 12.1 Å². The summed E-state index contributed by atoms with van der Waals surface area (Å²) in [6.07, 6.45) is -36.2. The summed E-state index contributed by atoms with van der Waals surface area (Å²) in [6.45, 7) is 11.6. The minimum atomic E-state index is -2.03. The van der Waals surface area contributed by atoms with Gasteiger partial charge in [-0.3, -0.25) is 0 Å². The standard InChI is InChI=1S/C65H99Cl2NO36/c1-24-37(47(81-12)39(67)40(70)38(24)66)56(74)94-32-20-85-35(16-31(32)93-36-18-61(7,68(76)77)52(84-15)27(4)90-36)96-43-26(3)100-64(17-30(43)69)103-53-28(5)92-60(51(73)62(53,8)104-64)98-48-42(72)57(91-25(2)44(48)80-11)97-45-33(19-78-9)95-59(49(82-13)41(45)71)99-58-50(83-14)46-34(21-86-58)101-65(102-46)55-54(87-23-88-55)63(75,22-89-65)29(6)79-10/h25-36,41-46,48-55,57-60,68-73,75-76H,16-23H2,1-15H3/t25-,26-,27+,28-,29-,30-,31+,32+,33-,34-,35-,36-,41+,42-,43-,44-,45-,46+,48-,49-,50-,51+,52+,53+,54-,55+,57+,58+,59+,60+,61+,62-,63-,64+,65+/m0/s1. The Kier molecular flexibility index (Phi) is 24.9. The minimum Gasteiger partial charge on any atom is -0.600 e. The van der Waals surface area contributed by atoms with Gasteiger partial charge in [-0.1, -0.05) is 23.2 Å². The monoisotopic (exact) mass is 1540 g/mol. The van der Waals surface area contributed by atoms with Gasteiger partial charge in [0.15, 0.2) is 67.0 Å². The number of esters is 1. The number of phenols is 1. The van der Waals surface area contributed by atoms with Gasteiger partial charge in [0.2, 0.25) is 0 Å². The van der Waals surface area contributed by atoms with Crippen molar-refractivity contribution in [3.8, 4) is 11.5 Å². The van der Waals surface area contributed by atoms with E-state index < -0.39 is 236 Å². The predicted octanol–water partition coefficient (Wildman–Crippen LogP) is -1.16. The van der Waals surface area contributed by atoms with Crippen molar-refractivity contribution in [3.63, 3.8) is 0 Å². The lowest BCUT2D eigenvalue weighted by molar-refractivity contribution is -1.09. The molecule has 104 heavy (non-hydrogen) atoms. The summed E-state index contributed by atoms with van der Waals surface area (Å²) >= 11 is 12.7. The molecule has 11 aliphatic rings. The van der Waals surface area contributed by atoms with Crippen LogP contribution in [0.2, 0.25) is 10.0 Å². The second-order valence-electron chi connectivity index (χ2n) is 28.5. The number of fused-ring (bicyclic) bond motifs is 4. The first-order valence-electron chi connectivity index (χ1n) is 34.5. The highest BCUT2D eigenvalue weighted by Crippen LogP contribution is 2.53. The van der Waals surface area contributed by atoms with Crippen molar-refractivity contribution >= 4 is 29.2 Å². The molecule has 12 rings (SSSR count). The lowest BCUT2D eigenvalue weighted by atomic mass is 9.85. The van der Waals surface area contributed by atoms with Crippen molar-refractivity contribution in [2.24, 2.45) is 0 Å². The first kappa shape index (κ1) is 81.1. The van der Waals surface area contributed by atoms with E-state index in [1.807, 2.05) is 0 Å². The molecule has 0 bridgehead atoms. The third-order valence-corrected chi connectivity index (χ3v) is 22.8. The Morgan fingerprint density at radius 2 is 1.38 bits per heavy atom. The number of hydroxylamine groups is 2. The molecule has 0 aliphatic carbocycles. The largest absolute Gasteiger partial charge is 0.600 e. The molecule has 37 nitrogen and oxygen atoms in total. The van der Waals surface area contributed by atoms with Crippen LogP contribution in [0.3, 0.4) is 0 Å². The van der Waals surface area contributed by atoms with Crippen LogP contribution < -0.4 is 9.96 Å². The normalized spacial score (nSPS) is 48.7. The zero-order valence-electron chi connectivity index (χ0n) is 60.2. The smallest absolute Gasteiger partial charge is 0.342 e. The van der Waals surface area contributed by atoms with E-state index in [4.69, 9.17) is 151 Å². The SMILES string of the molecule is COC[C@@H]1O[C@H](O[C@H]2OC[C@@H]3O[C@@]4(OC[C@](O)([C@H](C)OC)[C@H]5OCO[C@H]54)O[C@H]3[C@@H]2OC)[C@@H](OC)[C@H](O)[C@H]1O[C@H]1O[C@@H](C)[C@H](OC)[C@@H](O[C@H]2O[C@@H](C)[C@H]3O[C@]4(C[C@H](O)[C@@H](O[C@H]5C[C@@H](O[C@H]6C[C@@](C)([NH+]([O-])O)[C@H](OC)[C@@H](C)O6)[C@H](OC(=O)c6c(C)c(Cl)c(O)c(Cl)c6OC)CO5)[C@H](C)O4)O[C@@]3(C)[C@@H]2O)[C@@H]1O. The van der Waals surface area contributed by atoms with E-state index >= 15 is 0 Å². The fourth-order valence-corrected chi connectivity index (χ4v) is 16.8. The molecule has 39 heteroatoms. The molecular weight excluding hydrogens is 1440 g/mol. The average Bonchev–Trinajstić information content (AvgIpc) is 1.56. The second kappa shape index (κ2) is 32.0. The topological polar surface area (TPSA) is 435 Å². The fourth-order valence-electron chi connectivity index (χ4n) is 16.3. The van der Waals surface area contributed by atoms with Gasteiger partial charge in [-0.25, -0.2) is 15.2 Å². The van der Waals surface area contributed by atoms with Gasteiger partial charge in [0.1, 0.15) is 126 Å². The fraction of sp³-hybridized carbons (Fsp3) is 0.892. The van der Waals surface area contributed by atoms with Gasteiger partial charge in [0.05, 0.1) is 88.0 Å². The van der Waals surface area contributed by atoms with Crippen molar-refractivity contribution in [2.45, 2.75) is 288 Å². The van der Waals surface area contributed by atoms with Crippen LogP contribution in [-0.2, 0) is 123 Å². The highest BCUT2D eigenvalue weighted by Gasteiger charge is 2.72. The van der Waals surface area contributed by atoms with E-state index in [2.05, 4.69) is 0 Å². The molecule has 0 saturated carbocycles. The molecule has 11 fully saturated rings. The molecule has 1 aromatic carbocycles. The average molecular weight is 1540 g/mol. The minimum absolute atomic E-state index is 0.0904. The molecule has 0 amide bonds. The van der Waals surface area contributed by atoms with Gasteiger partial charge in [-0.2, -0.15) is 0 Å². The third kappa shape index (κ3) is 14.6. The van der Waals surface area contributed by atoms with E-state index in [1.165, 1.54) is 63.6 Å². The molecular formula is C65H99Cl2NO36. The summed E-state index contributed by atoms with van der Waals surface area (Å²) < 4.78 is 166. The van der Waals surface area contributed by atoms with Crippen molar-refractivity contribution < 1.29 is 174 Å². The lowest BCUT2D eigenvalue weighted by Crippen LogP contribution is -3.16. The quantitative estimate of drug-likeness (QED) is 0.0501. The molecule has 1 aromatic rings. The maximum Gasteiger partial charge on any atom is 0.342 e. The Balaban J connectivity index is 0.692. The number of rotatable bonds is 22. The molecule has 1 unspecified atom stereocenters. The number of hydrogen-bond acceptors (Lipinski definition) is 36. The molecule has 0 aromatic heterocycles. The number of aliphatic hydroxyl groups excluding tert-OH is 4. The summed E-state index contributed by atoms with van der Waals surface area (Å²) in [5.41, 5.74) is -4.92. The number of carbonyl (C=O) groups is 1. The molecule has 11 heterocycles. The van der Waals surface area contributed by atoms with Gasteiger partial charge in [-0.05, 0) is 61.0 Å². The van der Waals surface area contributed by atoms with Crippen molar-refractivity contribution in [1.29, 1.82) is 0 Å². The summed E-state index contributed by atoms with van der Waals surface area (Å²) in [6, 6.07) is 0. The first-order valence-corrected chi connectivity index (χ1v) is 35.3. The Labute approximate surface area is 609 Å². The summed E-state index contributed by atoms with van der Waals surface area (Å²) in [5.74, 6) is -5.58. The number of carbonyl (C=O) groups excluding carboxylic acids is 1. The van der Waals surface area contributed by atoms with Gasteiger partial charge in [-0.15, -0.1) is 0 Å². The predicted molar refractivity (Wildman–Crippen MR) is 340 cm³/mol. The number of nitrogens with one attached hydrogen (secondary N) is 1. The zero-order valence-corrected chi connectivity index (χ0v) is 61.7. The Bertz CT molecular complexity index is 3090. The number of benzene rings is 1. The highest BCUT2D eigenvalue weighted by molar-refractivity contribution is 6.39. The van der Waals surface area contributed by atoms with E-state index in [0.717, 1.165) is 0 Å². The van der Waals surface area contributed by atoms with Crippen molar-refractivity contribution in [2.75, 3.05) is 83.0 Å². The van der Waals surface area contributed by atoms with Crippen LogP contribution in [0.1, 0.15) is 83.7 Å². The van der Waals surface area contributed by atoms with Crippen LogP contribution in [0.5, 0.6) is 11.5 Å². The first-order chi connectivity index (χ1) is 49.3. The number of aliphatic hydroxyl groups is 5. The van der Waals surface area contributed by atoms with Gasteiger partial charge < -0.3 is 164 Å². The lowest BCUT2D eigenvalue weighted by Gasteiger charge is -2.50. The molecule has 2 spiro atoms. The van der Waals surface area contributed by atoms with Crippen LogP contribution in [0.25, 0.3) is 0 Å². The van der Waals surface area contributed by atoms with Gasteiger partial charge in [0, 0.05) is 49.1 Å². The van der Waals surface area contributed by atoms with Crippen molar-refractivity contribution in [1.82, 2.24) is 0 Å². The van der Waals surface area contributed by atoms with E-state index in [-0.39, 0.29) is 73.0 Å². The molecule has 0 radical (unpaired) electrons. The van der Waals surface area contributed by atoms with Crippen LogP contribution >= 0.6 is 23.2 Å². The molecule has 594 valence electrons. The summed E-state index contributed by atoms with van der Waals surface area (Å²) in [7, 11) is 9.58. The molecule has 8 N–H and O–H groups in total. The molecule has 36 atom stereocenters. The number of hydrogen-bond donors (Lipinski definition) is 8. The van der Waals surface area contributed by atoms with Crippen LogP contribution in [-0.4, -0.2) is 338 Å². The van der Waals surface area contributed by atoms with E-state index in [1.54, 1.807) is 41.5 Å². The Morgan fingerprint density at radius 3 is 2.04 bits per heavy atom. The number of quaternary nitrogens is 1. The third-order valence-electron chi connectivity index (χ3n) is 22.0. The number of ether oxygens (including phenoxy) is 27.